The third kappa shape index (κ3) is 4.07. The first-order valence-corrected chi connectivity index (χ1v) is 9.87. The number of rotatable bonds is 5. The van der Waals surface area contributed by atoms with Gasteiger partial charge in [-0.2, -0.15) is 0 Å². The number of carbonyl (C=O) groups excluding carboxylic acids is 2. The first-order chi connectivity index (χ1) is 13.3. The van der Waals surface area contributed by atoms with Crippen LogP contribution in [0.5, 0.6) is 0 Å². The minimum Gasteiger partial charge on any atom is -0.348 e. The summed E-state index contributed by atoms with van der Waals surface area (Å²) in [4.78, 5) is 28.9. The maximum atomic E-state index is 13.9. The lowest BCUT2D eigenvalue weighted by molar-refractivity contribution is -0.143. The molecule has 3 rings (SSSR count). The monoisotopic (exact) mass is 405 g/mol. The molecule has 0 spiro atoms. The van der Waals surface area contributed by atoms with E-state index in [2.05, 4.69) is 4.57 Å². The molecular weight excluding hydrogens is 381 g/mol. The molecule has 0 saturated heterocycles. The number of hydrogen-bond donors (Lipinski definition) is 0. The van der Waals surface area contributed by atoms with Crippen LogP contribution < -0.4 is 0 Å². The minimum absolute atomic E-state index is 0.0555. The summed E-state index contributed by atoms with van der Waals surface area (Å²) in [6.07, 6.45) is 1.96. The molecule has 150 valence electrons. The van der Waals surface area contributed by atoms with Crippen LogP contribution in [-0.2, 0) is 16.1 Å². The van der Waals surface area contributed by atoms with Gasteiger partial charge >= 0.3 is 0 Å². The predicted molar refractivity (Wildman–Crippen MR) is 107 cm³/mol. The van der Waals surface area contributed by atoms with Crippen molar-refractivity contribution in [3.05, 3.63) is 59.7 Å². The second kappa shape index (κ2) is 8.35. The zero-order chi connectivity index (χ0) is 20.4. The first-order valence-electron chi connectivity index (χ1n) is 9.44. The number of amides is 2. The maximum absolute atomic E-state index is 13.9. The van der Waals surface area contributed by atoms with Gasteiger partial charge in [-0.1, -0.05) is 12.1 Å². The van der Waals surface area contributed by atoms with E-state index in [9.17, 15) is 14.0 Å². The lowest BCUT2D eigenvalue weighted by Gasteiger charge is -2.39. The summed E-state index contributed by atoms with van der Waals surface area (Å²) in [5, 5.41) is -0.701. The molecule has 28 heavy (non-hydrogen) atoms. The van der Waals surface area contributed by atoms with E-state index in [-0.39, 0.29) is 30.2 Å². The van der Waals surface area contributed by atoms with Crippen LogP contribution in [0.15, 0.2) is 42.6 Å². The third-order valence-corrected chi connectivity index (χ3v) is 5.26. The number of benzene rings is 1. The van der Waals surface area contributed by atoms with E-state index >= 15 is 0 Å². The summed E-state index contributed by atoms with van der Waals surface area (Å²) in [6.45, 7) is 6.40. The molecule has 2 aromatic rings. The second-order valence-electron chi connectivity index (χ2n) is 7.35. The normalized spacial score (nSPS) is 17.4. The van der Waals surface area contributed by atoms with Gasteiger partial charge in [0.1, 0.15) is 17.7 Å². The van der Waals surface area contributed by atoms with Crippen molar-refractivity contribution in [1.82, 2.24) is 14.4 Å². The van der Waals surface area contributed by atoms with Crippen LogP contribution in [0.4, 0.5) is 4.39 Å². The molecular formula is C21H25ClFN3O2. The van der Waals surface area contributed by atoms with Crippen LogP contribution in [0.2, 0.25) is 0 Å². The van der Waals surface area contributed by atoms with E-state index in [0.29, 0.717) is 18.7 Å². The molecule has 1 aromatic carbocycles. The number of hydrogen-bond acceptors (Lipinski definition) is 2. The summed E-state index contributed by atoms with van der Waals surface area (Å²) in [6, 6.07) is 9.63. The third-order valence-electron chi connectivity index (χ3n) is 5.08. The largest absolute Gasteiger partial charge is 0.348 e. The summed E-state index contributed by atoms with van der Waals surface area (Å²) in [7, 11) is 0. The van der Waals surface area contributed by atoms with Gasteiger partial charge in [0.25, 0.3) is 0 Å². The number of halogens is 2. The van der Waals surface area contributed by atoms with Gasteiger partial charge in [0.05, 0.1) is 6.04 Å². The molecule has 0 aliphatic carbocycles. The van der Waals surface area contributed by atoms with Gasteiger partial charge < -0.3 is 14.4 Å². The van der Waals surface area contributed by atoms with Crippen molar-refractivity contribution >= 4 is 23.4 Å². The van der Waals surface area contributed by atoms with Crippen molar-refractivity contribution in [3.63, 3.8) is 0 Å². The lowest BCUT2D eigenvalue weighted by Crippen LogP contribution is -2.50. The average molecular weight is 406 g/mol. The van der Waals surface area contributed by atoms with E-state index in [4.69, 9.17) is 11.6 Å². The fourth-order valence-corrected chi connectivity index (χ4v) is 3.78. The first kappa shape index (κ1) is 20.4. The Hall–Kier alpha value is -2.34. The van der Waals surface area contributed by atoms with Crippen LogP contribution in [0.1, 0.15) is 38.1 Å². The van der Waals surface area contributed by atoms with Gasteiger partial charge in [0.15, 0.2) is 0 Å². The van der Waals surface area contributed by atoms with Crippen molar-refractivity contribution in [2.24, 2.45) is 0 Å². The molecule has 0 N–H and O–H groups in total. The average Bonchev–Trinajstić information content (AvgIpc) is 3.12. The minimum atomic E-state index is -0.701. The SMILES string of the molecule is CC(Cl)C(=O)N(CC(=O)N1CCn2cccc2C1c1cccc(F)c1)C(C)C. The Kier molecular flexibility index (Phi) is 6.08. The molecule has 0 radical (unpaired) electrons. The molecule has 7 heteroatoms. The van der Waals surface area contributed by atoms with Crippen molar-refractivity contribution in [3.8, 4) is 0 Å². The van der Waals surface area contributed by atoms with Gasteiger partial charge in [-0.3, -0.25) is 9.59 Å². The Bertz CT molecular complexity index is 865. The topological polar surface area (TPSA) is 45.6 Å². The van der Waals surface area contributed by atoms with Crippen molar-refractivity contribution in [2.45, 2.75) is 44.8 Å². The molecule has 1 aliphatic heterocycles. The maximum Gasteiger partial charge on any atom is 0.243 e. The Morgan fingerprint density at radius 1 is 1.21 bits per heavy atom. The molecule has 0 fully saturated rings. The van der Waals surface area contributed by atoms with Crippen LogP contribution in [-0.4, -0.2) is 50.7 Å². The summed E-state index contributed by atoms with van der Waals surface area (Å²) in [5.74, 6) is -0.794. The standard InChI is InChI=1S/C21H25ClFN3O2/c1-14(2)26(21(28)15(3)22)13-19(27)25-11-10-24-9-5-8-18(24)20(25)16-6-4-7-17(23)12-16/h4-9,12,14-15,20H,10-11,13H2,1-3H3. The Labute approximate surface area is 169 Å². The van der Waals surface area contributed by atoms with Crippen molar-refractivity contribution in [1.29, 1.82) is 0 Å². The molecule has 0 bridgehead atoms. The number of carbonyl (C=O) groups is 2. The van der Waals surface area contributed by atoms with Gasteiger partial charge in [-0.05, 0) is 50.6 Å². The number of fused-ring (bicyclic) bond motifs is 1. The molecule has 5 nitrogen and oxygen atoms in total. The van der Waals surface area contributed by atoms with Crippen molar-refractivity contribution < 1.29 is 14.0 Å². The Morgan fingerprint density at radius 3 is 2.61 bits per heavy atom. The highest BCUT2D eigenvalue weighted by Gasteiger charge is 2.34. The molecule has 2 atom stereocenters. The van der Waals surface area contributed by atoms with Crippen LogP contribution in [0.25, 0.3) is 0 Å². The zero-order valence-corrected chi connectivity index (χ0v) is 17.1. The highest BCUT2D eigenvalue weighted by Crippen LogP contribution is 2.33. The van der Waals surface area contributed by atoms with E-state index in [0.717, 1.165) is 5.69 Å². The molecule has 2 heterocycles. The summed E-state index contributed by atoms with van der Waals surface area (Å²) in [5.41, 5.74) is 1.64. The number of aromatic nitrogens is 1. The number of alkyl halides is 1. The highest BCUT2D eigenvalue weighted by molar-refractivity contribution is 6.30. The van der Waals surface area contributed by atoms with Gasteiger partial charge in [0, 0.05) is 31.0 Å². The van der Waals surface area contributed by atoms with Crippen LogP contribution in [0, 0.1) is 5.82 Å². The van der Waals surface area contributed by atoms with E-state index < -0.39 is 11.4 Å². The highest BCUT2D eigenvalue weighted by atomic mass is 35.5. The molecule has 2 amide bonds. The fraction of sp³-hybridized carbons (Fsp3) is 0.429. The zero-order valence-electron chi connectivity index (χ0n) is 16.3. The quantitative estimate of drug-likeness (QED) is 0.715. The molecule has 2 unspecified atom stereocenters. The lowest BCUT2D eigenvalue weighted by atomic mass is 9.99. The second-order valence-corrected chi connectivity index (χ2v) is 8.00. The Morgan fingerprint density at radius 2 is 1.96 bits per heavy atom. The smallest absolute Gasteiger partial charge is 0.243 e. The van der Waals surface area contributed by atoms with Gasteiger partial charge in [-0.25, -0.2) is 4.39 Å². The fourth-order valence-electron chi connectivity index (χ4n) is 3.66. The predicted octanol–water partition coefficient (Wildman–Crippen LogP) is 3.42. The summed E-state index contributed by atoms with van der Waals surface area (Å²) >= 11 is 5.97. The van der Waals surface area contributed by atoms with E-state index in [1.807, 2.05) is 38.2 Å². The van der Waals surface area contributed by atoms with E-state index in [1.54, 1.807) is 17.9 Å². The molecule has 0 saturated carbocycles. The van der Waals surface area contributed by atoms with Gasteiger partial charge in [-0.15, -0.1) is 11.6 Å². The molecule has 1 aliphatic rings. The summed E-state index contributed by atoms with van der Waals surface area (Å²) < 4.78 is 16.0. The van der Waals surface area contributed by atoms with Gasteiger partial charge in [0.2, 0.25) is 11.8 Å². The Balaban J connectivity index is 1.92. The number of nitrogens with zero attached hydrogens (tertiary/aromatic N) is 3. The van der Waals surface area contributed by atoms with Crippen LogP contribution in [0.3, 0.4) is 0 Å². The van der Waals surface area contributed by atoms with E-state index in [1.165, 1.54) is 17.0 Å². The van der Waals surface area contributed by atoms with Crippen LogP contribution >= 0.6 is 11.6 Å². The van der Waals surface area contributed by atoms with Crippen molar-refractivity contribution in [2.75, 3.05) is 13.1 Å². The molecule has 1 aromatic heterocycles.